The Morgan fingerprint density at radius 3 is 2.94 bits per heavy atom. The molecular weight excluding hydrogens is 299 g/mol. The van der Waals surface area contributed by atoms with Gasteiger partial charge in [-0.15, -0.1) is 0 Å². The van der Waals surface area contributed by atoms with Crippen molar-refractivity contribution in [1.82, 2.24) is 9.97 Å². The number of nitrogens with zero attached hydrogens (tertiary/aromatic N) is 2. The highest BCUT2D eigenvalue weighted by Crippen LogP contribution is 2.26. The summed E-state index contributed by atoms with van der Waals surface area (Å²) in [7, 11) is 0. The van der Waals surface area contributed by atoms with Gasteiger partial charge in [0.15, 0.2) is 0 Å². The molecule has 0 bridgehead atoms. The van der Waals surface area contributed by atoms with Crippen LogP contribution in [-0.2, 0) is 6.54 Å². The minimum Gasteiger partial charge on any atom is -0.397 e. The summed E-state index contributed by atoms with van der Waals surface area (Å²) < 4.78 is 13.6. The molecule has 2 rings (SSSR count). The molecule has 0 atom stereocenters. The van der Waals surface area contributed by atoms with E-state index in [1.165, 1.54) is 6.07 Å². The Morgan fingerprint density at radius 1 is 1.44 bits per heavy atom. The number of anilines is 2. The second-order valence-electron chi connectivity index (χ2n) is 3.80. The van der Waals surface area contributed by atoms with Gasteiger partial charge in [-0.3, -0.25) is 0 Å². The average molecular weight is 311 g/mol. The molecule has 1 heterocycles. The van der Waals surface area contributed by atoms with Crippen LogP contribution in [0.5, 0.6) is 0 Å². The summed E-state index contributed by atoms with van der Waals surface area (Å²) in [4.78, 5) is 8.28. The number of nitrogens with two attached hydrogens (primary N) is 1. The molecule has 0 aliphatic rings. The molecule has 0 aliphatic heterocycles. The van der Waals surface area contributed by atoms with Gasteiger partial charge in [-0.05, 0) is 35.0 Å². The zero-order valence-electron chi connectivity index (χ0n) is 9.74. The number of nitrogen functional groups attached to an aromatic ring is 1. The van der Waals surface area contributed by atoms with Crippen molar-refractivity contribution in [3.63, 3.8) is 0 Å². The molecule has 0 aliphatic carbocycles. The summed E-state index contributed by atoms with van der Waals surface area (Å²) >= 11 is 3.12. The van der Waals surface area contributed by atoms with Crippen molar-refractivity contribution in [3.8, 4) is 0 Å². The molecule has 1 aromatic heterocycles. The van der Waals surface area contributed by atoms with Gasteiger partial charge in [0.2, 0.25) is 0 Å². The van der Waals surface area contributed by atoms with Gasteiger partial charge in [0.25, 0.3) is 0 Å². The molecule has 1 aromatic carbocycles. The highest BCUT2D eigenvalue weighted by molar-refractivity contribution is 9.10. The second-order valence-corrected chi connectivity index (χ2v) is 4.66. The first-order valence-electron chi connectivity index (χ1n) is 5.33. The van der Waals surface area contributed by atoms with Crippen LogP contribution in [0.25, 0.3) is 0 Å². The van der Waals surface area contributed by atoms with Crippen molar-refractivity contribution in [3.05, 3.63) is 46.2 Å². The highest BCUT2D eigenvalue weighted by atomic mass is 79.9. The Morgan fingerprint density at radius 2 is 2.22 bits per heavy atom. The minimum absolute atomic E-state index is 0.362. The second kappa shape index (κ2) is 5.30. The maximum atomic E-state index is 13.2. The van der Waals surface area contributed by atoms with E-state index in [9.17, 15) is 4.39 Å². The van der Waals surface area contributed by atoms with E-state index in [-0.39, 0.29) is 5.82 Å². The fourth-order valence-electron chi connectivity index (χ4n) is 1.50. The Bertz CT molecular complexity index is 574. The molecule has 0 radical (unpaired) electrons. The summed E-state index contributed by atoms with van der Waals surface area (Å²) in [5.41, 5.74) is 7.61. The molecule has 3 N–H and O–H groups in total. The molecule has 0 amide bonds. The summed E-state index contributed by atoms with van der Waals surface area (Å²) in [5.74, 6) is 0.332. The SMILES string of the molecule is Cc1nccc(CNc2cc(Br)c(F)cc2N)n1. The maximum absolute atomic E-state index is 13.2. The van der Waals surface area contributed by atoms with Gasteiger partial charge >= 0.3 is 0 Å². The standard InChI is InChI=1S/C12H12BrFN4/c1-7-16-3-2-8(18-7)6-17-12-4-9(13)10(14)5-11(12)15/h2-5,17H,6,15H2,1H3. The number of halogens is 2. The molecule has 0 saturated carbocycles. The molecule has 2 aromatic rings. The third-order valence-electron chi connectivity index (χ3n) is 2.39. The van der Waals surface area contributed by atoms with Crippen LogP contribution in [-0.4, -0.2) is 9.97 Å². The first-order valence-corrected chi connectivity index (χ1v) is 6.12. The maximum Gasteiger partial charge on any atom is 0.139 e. The summed E-state index contributed by atoms with van der Waals surface area (Å²) in [6, 6.07) is 4.70. The van der Waals surface area contributed by atoms with Gasteiger partial charge in [0.1, 0.15) is 11.6 Å². The van der Waals surface area contributed by atoms with Gasteiger partial charge < -0.3 is 11.1 Å². The molecule has 0 unspecified atom stereocenters. The molecule has 0 spiro atoms. The van der Waals surface area contributed by atoms with Crippen LogP contribution in [0.1, 0.15) is 11.5 Å². The Kier molecular flexibility index (Phi) is 3.76. The molecule has 18 heavy (non-hydrogen) atoms. The lowest BCUT2D eigenvalue weighted by Gasteiger charge is -2.10. The number of rotatable bonds is 3. The van der Waals surface area contributed by atoms with Crippen molar-refractivity contribution in [2.24, 2.45) is 0 Å². The first kappa shape index (κ1) is 12.8. The van der Waals surface area contributed by atoms with E-state index >= 15 is 0 Å². The van der Waals surface area contributed by atoms with Gasteiger partial charge in [0.05, 0.1) is 28.1 Å². The molecule has 0 saturated heterocycles. The lowest BCUT2D eigenvalue weighted by Crippen LogP contribution is -2.05. The van der Waals surface area contributed by atoms with Gasteiger partial charge in [-0.2, -0.15) is 0 Å². The number of benzene rings is 1. The van der Waals surface area contributed by atoms with E-state index < -0.39 is 0 Å². The van der Waals surface area contributed by atoms with E-state index in [0.29, 0.717) is 28.2 Å². The van der Waals surface area contributed by atoms with Crippen LogP contribution in [0.3, 0.4) is 0 Å². The zero-order chi connectivity index (χ0) is 13.1. The Hall–Kier alpha value is -1.69. The van der Waals surface area contributed by atoms with Crippen molar-refractivity contribution in [2.45, 2.75) is 13.5 Å². The predicted molar refractivity (Wildman–Crippen MR) is 72.6 cm³/mol. The van der Waals surface area contributed by atoms with E-state index in [2.05, 4.69) is 31.2 Å². The predicted octanol–water partition coefficient (Wildman–Crippen LogP) is 2.88. The van der Waals surface area contributed by atoms with Gasteiger partial charge in [0, 0.05) is 12.3 Å². The normalized spacial score (nSPS) is 10.4. The van der Waals surface area contributed by atoms with Gasteiger partial charge in [-0.25, -0.2) is 14.4 Å². The van der Waals surface area contributed by atoms with E-state index in [1.807, 2.05) is 13.0 Å². The van der Waals surface area contributed by atoms with Crippen LogP contribution in [0.4, 0.5) is 15.8 Å². The Balaban J connectivity index is 2.13. The van der Waals surface area contributed by atoms with Crippen LogP contribution >= 0.6 is 15.9 Å². The number of hydrogen-bond donors (Lipinski definition) is 2. The van der Waals surface area contributed by atoms with Crippen molar-refractivity contribution < 1.29 is 4.39 Å². The quantitative estimate of drug-likeness (QED) is 0.856. The van der Waals surface area contributed by atoms with Crippen molar-refractivity contribution >= 4 is 27.3 Å². The van der Waals surface area contributed by atoms with E-state index in [0.717, 1.165) is 5.69 Å². The first-order chi connectivity index (χ1) is 8.56. The third-order valence-corrected chi connectivity index (χ3v) is 2.99. The topological polar surface area (TPSA) is 63.8 Å². The molecule has 0 fully saturated rings. The lowest BCUT2D eigenvalue weighted by molar-refractivity contribution is 0.622. The van der Waals surface area contributed by atoms with Crippen LogP contribution in [0.2, 0.25) is 0 Å². The van der Waals surface area contributed by atoms with Crippen LogP contribution < -0.4 is 11.1 Å². The highest BCUT2D eigenvalue weighted by Gasteiger charge is 2.06. The minimum atomic E-state index is -0.379. The van der Waals surface area contributed by atoms with Gasteiger partial charge in [-0.1, -0.05) is 0 Å². The van der Waals surface area contributed by atoms with E-state index in [4.69, 9.17) is 5.73 Å². The zero-order valence-corrected chi connectivity index (χ0v) is 11.3. The largest absolute Gasteiger partial charge is 0.397 e. The molecule has 6 heteroatoms. The van der Waals surface area contributed by atoms with Crippen molar-refractivity contribution in [2.75, 3.05) is 11.1 Å². The summed E-state index contributed by atoms with van der Waals surface area (Å²) in [5, 5.41) is 3.11. The van der Waals surface area contributed by atoms with Crippen molar-refractivity contribution in [1.29, 1.82) is 0 Å². The summed E-state index contributed by atoms with van der Waals surface area (Å²) in [6.07, 6.45) is 1.70. The monoisotopic (exact) mass is 310 g/mol. The Labute approximate surface area is 113 Å². The number of aryl methyl sites for hydroxylation is 1. The number of aromatic nitrogens is 2. The third kappa shape index (κ3) is 2.95. The fraction of sp³-hybridized carbons (Fsp3) is 0.167. The van der Waals surface area contributed by atoms with Crippen LogP contribution in [0.15, 0.2) is 28.9 Å². The molecular formula is C12H12BrFN4. The number of nitrogens with one attached hydrogen (secondary N) is 1. The fourth-order valence-corrected chi connectivity index (χ4v) is 1.85. The average Bonchev–Trinajstić information content (AvgIpc) is 2.32. The lowest BCUT2D eigenvalue weighted by atomic mass is 10.2. The van der Waals surface area contributed by atoms with E-state index in [1.54, 1.807) is 12.3 Å². The molecule has 4 nitrogen and oxygen atoms in total. The summed E-state index contributed by atoms with van der Waals surface area (Å²) in [6.45, 7) is 2.33. The van der Waals surface area contributed by atoms with Crippen LogP contribution in [0, 0.1) is 12.7 Å². The number of hydrogen-bond acceptors (Lipinski definition) is 4. The smallest absolute Gasteiger partial charge is 0.139 e. The molecule has 94 valence electrons.